The fraction of sp³-hybridized carbons (Fsp3) is 0.250. The van der Waals surface area contributed by atoms with Gasteiger partial charge < -0.3 is 14.7 Å². The molecule has 1 aromatic carbocycles. The van der Waals surface area contributed by atoms with Gasteiger partial charge in [-0.1, -0.05) is 18.2 Å². The zero-order valence-corrected chi connectivity index (χ0v) is 15.6. The number of benzene rings is 1. The average Bonchev–Trinajstić information content (AvgIpc) is 2.79. The van der Waals surface area contributed by atoms with E-state index in [4.69, 9.17) is 0 Å². The maximum Gasteiger partial charge on any atom is 0.272 e. The summed E-state index contributed by atoms with van der Waals surface area (Å²) >= 11 is 0. The normalized spacial score (nSPS) is 14.0. The molecule has 0 aliphatic carbocycles. The highest BCUT2D eigenvalue weighted by Crippen LogP contribution is 2.20. The SMILES string of the molecule is CN(c1ccccc1)c1nccc(C(=O)N2CCN(c3ncccn3)CC2)n1. The summed E-state index contributed by atoms with van der Waals surface area (Å²) in [7, 11) is 1.89. The average molecular weight is 375 g/mol. The number of hydrogen-bond acceptors (Lipinski definition) is 7. The Balaban J connectivity index is 1.44. The van der Waals surface area contributed by atoms with Crippen LogP contribution in [0, 0.1) is 0 Å². The van der Waals surface area contributed by atoms with Crippen LogP contribution in [-0.4, -0.2) is 64.0 Å². The second kappa shape index (κ2) is 7.99. The highest BCUT2D eigenvalue weighted by molar-refractivity contribution is 5.92. The van der Waals surface area contributed by atoms with Gasteiger partial charge in [0.2, 0.25) is 11.9 Å². The number of aromatic nitrogens is 4. The van der Waals surface area contributed by atoms with E-state index in [1.165, 1.54) is 0 Å². The molecule has 8 nitrogen and oxygen atoms in total. The molecule has 8 heteroatoms. The number of amides is 1. The summed E-state index contributed by atoms with van der Waals surface area (Å²) < 4.78 is 0. The Morgan fingerprint density at radius 2 is 1.61 bits per heavy atom. The Hall–Kier alpha value is -3.55. The zero-order valence-electron chi connectivity index (χ0n) is 15.6. The van der Waals surface area contributed by atoms with Crippen molar-refractivity contribution in [3.8, 4) is 0 Å². The maximum absolute atomic E-state index is 12.9. The highest BCUT2D eigenvalue weighted by Gasteiger charge is 2.24. The number of carbonyl (C=O) groups excluding carboxylic acids is 1. The van der Waals surface area contributed by atoms with Crippen molar-refractivity contribution in [1.82, 2.24) is 24.8 Å². The van der Waals surface area contributed by atoms with Crippen molar-refractivity contribution in [3.63, 3.8) is 0 Å². The van der Waals surface area contributed by atoms with E-state index in [0.717, 1.165) is 5.69 Å². The van der Waals surface area contributed by atoms with E-state index in [-0.39, 0.29) is 5.91 Å². The molecule has 0 spiro atoms. The third kappa shape index (κ3) is 3.75. The van der Waals surface area contributed by atoms with Gasteiger partial charge in [0.15, 0.2) is 0 Å². The van der Waals surface area contributed by atoms with Gasteiger partial charge in [0, 0.05) is 57.5 Å². The first kappa shape index (κ1) is 17.8. The topological polar surface area (TPSA) is 78.4 Å². The molecular weight excluding hydrogens is 354 g/mol. The number of piperazine rings is 1. The Labute approximate surface area is 163 Å². The summed E-state index contributed by atoms with van der Waals surface area (Å²) in [5.74, 6) is 1.11. The minimum atomic E-state index is -0.0845. The lowest BCUT2D eigenvalue weighted by atomic mass is 10.2. The van der Waals surface area contributed by atoms with Gasteiger partial charge in [0.05, 0.1) is 0 Å². The molecule has 3 aromatic rings. The number of hydrogen-bond donors (Lipinski definition) is 0. The number of rotatable bonds is 4. The Bertz CT molecular complexity index is 928. The summed E-state index contributed by atoms with van der Waals surface area (Å²) in [6.07, 6.45) is 5.08. The van der Waals surface area contributed by atoms with Crippen molar-refractivity contribution in [2.75, 3.05) is 43.0 Å². The van der Waals surface area contributed by atoms with Crippen LogP contribution in [-0.2, 0) is 0 Å². The van der Waals surface area contributed by atoms with Crippen LogP contribution in [0.5, 0.6) is 0 Å². The monoisotopic (exact) mass is 375 g/mol. The van der Waals surface area contributed by atoms with Crippen molar-refractivity contribution in [3.05, 3.63) is 66.7 Å². The van der Waals surface area contributed by atoms with Crippen molar-refractivity contribution in [1.29, 1.82) is 0 Å². The van der Waals surface area contributed by atoms with Crippen molar-refractivity contribution < 1.29 is 4.79 Å². The molecule has 0 atom stereocenters. The molecule has 0 saturated carbocycles. The summed E-state index contributed by atoms with van der Waals surface area (Å²) in [5.41, 5.74) is 1.36. The van der Waals surface area contributed by atoms with Crippen molar-refractivity contribution >= 4 is 23.5 Å². The highest BCUT2D eigenvalue weighted by atomic mass is 16.2. The molecule has 28 heavy (non-hydrogen) atoms. The van der Waals surface area contributed by atoms with Gasteiger partial charge >= 0.3 is 0 Å². The predicted molar refractivity (Wildman–Crippen MR) is 107 cm³/mol. The lowest BCUT2D eigenvalue weighted by Crippen LogP contribution is -2.49. The lowest BCUT2D eigenvalue weighted by molar-refractivity contribution is 0.0740. The minimum absolute atomic E-state index is 0.0845. The summed E-state index contributed by atoms with van der Waals surface area (Å²) in [6.45, 7) is 2.59. The fourth-order valence-corrected chi connectivity index (χ4v) is 3.12. The van der Waals surface area contributed by atoms with Gasteiger partial charge in [-0.2, -0.15) is 0 Å². The van der Waals surface area contributed by atoms with Crippen LogP contribution in [0.3, 0.4) is 0 Å². The van der Waals surface area contributed by atoms with Crippen LogP contribution in [0.15, 0.2) is 61.1 Å². The van der Waals surface area contributed by atoms with E-state index in [1.807, 2.05) is 47.2 Å². The van der Waals surface area contributed by atoms with Crippen LogP contribution in [0.1, 0.15) is 10.5 Å². The summed E-state index contributed by atoms with van der Waals surface area (Å²) in [5, 5.41) is 0. The third-order valence-electron chi connectivity index (χ3n) is 4.71. The number of para-hydroxylation sites is 1. The number of anilines is 3. The van der Waals surface area contributed by atoms with Gasteiger partial charge in [-0.15, -0.1) is 0 Å². The van der Waals surface area contributed by atoms with Crippen LogP contribution < -0.4 is 9.80 Å². The molecule has 142 valence electrons. The molecule has 0 N–H and O–H groups in total. The molecular formula is C20H21N7O. The van der Waals surface area contributed by atoms with Crippen LogP contribution in [0.2, 0.25) is 0 Å². The summed E-state index contributed by atoms with van der Waals surface area (Å²) in [6, 6.07) is 13.3. The first-order valence-electron chi connectivity index (χ1n) is 9.15. The van der Waals surface area contributed by atoms with E-state index < -0.39 is 0 Å². The van der Waals surface area contributed by atoms with Crippen molar-refractivity contribution in [2.45, 2.75) is 0 Å². The number of nitrogens with zero attached hydrogens (tertiary/aromatic N) is 7. The first-order chi connectivity index (χ1) is 13.7. The Kier molecular flexibility index (Phi) is 5.09. The molecule has 1 amide bonds. The first-order valence-corrected chi connectivity index (χ1v) is 9.15. The lowest BCUT2D eigenvalue weighted by Gasteiger charge is -2.34. The van der Waals surface area contributed by atoms with E-state index in [2.05, 4.69) is 24.8 Å². The van der Waals surface area contributed by atoms with Crippen LogP contribution in [0.25, 0.3) is 0 Å². The maximum atomic E-state index is 12.9. The fourth-order valence-electron chi connectivity index (χ4n) is 3.12. The molecule has 1 saturated heterocycles. The second-order valence-corrected chi connectivity index (χ2v) is 6.46. The third-order valence-corrected chi connectivity index (χ3v) is 4.71. The van der Waals surface area contributed by atoms with Gasteiger partial charge in [0.25, 0.3) is 5.91 Å². The van der Waals surface area contributed by atoms with Crippen molar-refractivity contribution in [2.24, 2.45) is 0 Å². The molecule has 1 aliphatic rings. The molecule has 0 bridgehead atoms. The van der Waals surface area contributed by atoms with E-state index >= 15 is 0 Å². The van der Waals surface area contributed by atoms with Gasteiger partial charge in [-0.05, 0) is 24.3 Å². The predicted octanol–water partition coefficient (Wildman–Crippen LogP) is 2.00. The van der Waals surface area contributed by atoms with Crippen LogP contribution >= 0.6 is 0 Å². The van der Waals surface area contributed by atoms with Gasteiger partial charge in [-0.25, -0.2) is 19.9 Å². The molecule has 1 aliphatic heterocycles. The molecule has 1 fully saturated rings. The molecule has 3 heterocycles. The van der Waals surface area contributed by atoms with Gasteiger partial charge in [0.1, 0.15) is 5.69 Å². The molecule has 4 rings (SSSR count). The molecule has 0 unspecified atom stereocenters. The second-order valence-electron chi connectivity index (χ2n) is 6.46. The van der Waals surface area contributed by atoms with E-state index in [1.54, 1.807) is 30.7 Å². The largest absolute Gasteiger partial charge is 0.337 e. The standard InChI is InChI=1S/C20H21N7O/c1-25(16-6-3-2-4-7-16)20-23-11-8-17(24-20)18(28)26-12-14-27(15-13-26)19-21-9-5-10-22-19/h2-11H,12-15H2,1H3. The summed E-state index contributed by atoms with van der Waals surface area (Å²) in [4.78, 5) is 36.0. The molecule has 0 radical (unpaired) electrons. The Morgan fingerprint density at radius 3 is 2.32 bits per heavy atom. The van der Waals surface area contributed by atoms with Gasteiger partial charge in [-0.3, -0.25) is 4.79 Å². The van der Waals surface area contributed by atoms with E-state index in [9.17, 15) is 4.79 Å². The van der Waals surface area contributed by atoms with E-state index in [0.29, 0.717) is 43.8 Å². The molecule has 2 aromatic heterocycles. The number of carbonyl (C=O) groups is 1. The zero-order chi connectivity index (χ0) is 19.3. The Morgan fingerprint density at radius 1 is 0.893 bits per heavy atom. The quantitative estimate of drug-likeness (QED) is 0.690. The van der Waals surface area contributed by atoms with Crippen LogP contribution in [0.4, 0.5) is 17.6 Å². The minimum Gasteiger partial charge on any atom is -0.337 e. The smallest absolute Gasteiger partial charge is 0.272 e.